The van der Waals surface area contributed by atoms with Crippen molar-refractivity contribution in [2.45, 2.75) is 25.3 Å². The number of methoxy groups -OCH3 is 1. The summed E-state index contributed by atoms with van der Waals surface area (Å²) in [6, 6.07) is -1.14. The summed E-state index contributed by atoms with van der Waals surface area (Å²) in [4.78, 5) is 45.9. The van der Waals surface area contributed by atoms with Crippen LogP contribution in [-0.4, -0.2) is 60.0 Å². The van der Waals surface area contributed by atoms with Crippen molar-refractivity contribution in [1.82, 2.24) is 10.2 Å². The van der Waals surface area contributed by atoms with E-state index in [0.717, 1.165) is 4.90 Å². The van der Waals surface area contributed by atoms with Crippen LogP contribution in [-0.2, 0) is 23.9 Å². The molecule has 1 aliphatic rings. The number of carbonyl (C=O) groups excluding carboxylic acids is 3. The van der Waals surface area contributed by atoms with Crippen molar-refractivity contribution in [3.05, 3.63) is 0 Å². The number of carboxylic acids is 1. The van der Waals surface area contributed by atoms with Crippen molar-refractivity contribution in [3.8, 4) is 0 Å². The third-order valence-electron chi connectivity index (χ3n) is 2.68. The molecule has 0 spiro atoms. The highest BCUT2D eigenvalue weighted by Gasteiger charge is 2.29. The van der Waals surface area contributed by atoms with Crippen LogP contribution in [0.15, 0.2) is 0 Å². The Morgan fingerprint density at radius 3 is 2.42 bits per heavy atom. The van der Waals surface area contributed by atoms with Gasteiger partial charge in [-0.05, 0) is 0 Å². The Morgan fingerprint density at radius 2 is 1.95 bits per heavy atom. The Morgan fingerprint density at radius 1 is 1.37 bits per heavy atom. The van der Waals surface area contributed by atoms with Crippen LogP contribution in [0.1, 0.15) is 19.3 Å². The maximum Gasteiger partial charge on any atom is 0.328 e. The summed E-state index contributed by atoms with van der Waals surface area (Å²) in [6.45, 7) is -0.175. The number of likely N-dealkylation sites (tertiary alicyclic amines) is 1. The Kier molecular flexibility index (Phi) is 5.43. The molecule has 0 aromatic carbocycles. The van der Waals surface area contributed by atoms with Crippen LogP contribution in [0.25, 0.3) is 0 Å². The molecule has 106 valence electrons. The van der Waals surface area contributed by atoms with Crippen molar-refractivity contribution in [2.75, 3.05) is 20.3 Å². The highest BCUT2D eigenvalue weighted by atomic mass is 16.5. The summed E-state index contributed by atoms with van der Waals surface area (Å²) in [5.74, 6) is -2.35. The zero-order chi connectivity index (χ0) is 14.4. The number of hydrogen-bond donors (Lipinski definition) is 2. The number of aliphatic carboxylic acids is 1. The Labute approximate surface area is 109 Å². The monoisotopic (exact) mass is 272 g/mol. The van der Waals surface area contributed by atoms with Crippen LogP contribution in [0.2, 0.25) is 0 Å². The third kappa shape index (κ3) is 4.32. The number of imide groups is 1. The van der Waals surface area contributed by atoms with Crippen molar-refractivity contribution >= 4 is 23.7 Å². The van der Waals surface area contributed by atoms with Crippen LogP contribution >= 0.6 is 0 Å². The van der Waals surface area contributed by atoms with Gasteiger partial charge in [-0.1, -0.05) is 0 Å². The predicted octanol–water partition coefficient (Wildman–Crippen LogP) is -1.26. The standard InChI is InChI=1S/C11H16N2O6/c1-19-6-7(11(17)18)12-8(14)4-5-13-9(15)2-3-10(13)16/h7H,2-6H2,1H3,(H,12,14)(H,17,18). The predicted molar refractivity (Wildman–Crippen MR) is 62.0 cm³/mol. The van der Waals surface area contributed by atoms with E-state index in [0.29, 0.717) is 0 Å². The summed E-state index contributed by atoms with van der Waals surface area (Å²) >= 11 is 0. The van der Waals surface area contributed by atoms with Gasteiger partial charge >= 0.3 is 5.97 Å². The van der Waals surface area contributed by atoms with Crippen LogP contribution in [0, 0.1) is 0 Å². The molecule has 0 bridgehead atoms. The van der Waals surface area contributed by atoms with Gasteiger partial charge in [-0.3, -0.25) is 19.3 Å². The largest absolute Gasteiger partial charge is 0.480 e. The van der Waals surface area contributed by atoms with E-state index in [1.54, 1.807) is 0 Å². The molecular formula is C11H16N2O6. The molecular weight excluding hydrogens is 256 g/mol. The number of carbonyl (C=O) groups is 4. The summed E-state index contributed by atoms with van der Waals surface area (Å²) in [5, 5.41) is 11.1. The lowest BCUT2D eigenvalue weighted by atomic mass is 10.3. The van der Waals surface area contributed by atoms with Crippen molar-refractivity contribution in [1.29, 1.82) is 0 Å². The number of nitrogens with zero attached hydrogens (tertiary/aromatic N) is 1. The minimum atomic E-state index is -1.21. The van der Waals surface area contributed by atoms with E-state index in [4.69, 9.17) is 5.11 Å². The Bertz CT molecular complexity index is 379. The Hall–Kier alpha value is -1.96. The average molecular weight is 272 g/mol. The first-order valence-corrected chi connectivity index (χ1v) is 5.80. The fourth-order valence-corrected chi connectivity index (χ4v) is 1.69. The quantitative estimate of drug-likeness (QED) is 0.559. The molecule has 0 aromatic heterocycles. The van der Waals surface area contributed by atoms with E-state index < -0.39 is 17.9 Å². The van der Waals surface area contributed by atoms with Gasteiger partial charge in [0.15, 0.2) is 6.04 Å². The molecule has 0 saturated carbocycles. The lowest BCUT2D eigenvalue weighted by Gasteiger charge is -2.16. The number of nitrogens with one attached hydrogen (secondary N) is 1. The molecule has 0 radical (unpaired) electrons. The fraction of sp³-hybridized carbons (Fsp3) is 0.636. The first kappa shape index (κ1) is 15.1. The topological polar surface area (TPSA) is 113 Å². The minimum absolute atomic E-state index is 0.0250. The third-order valence-corrected chi connectivity index (χ3v) is 2.68. The summed E-state index contributed by atoms with van der Waals surface area (Å²) < 4.78 is 4.66. The molecule has 2 N–H and O–H groups in total. The molecule has 3 amide bonds. The van der Waals surface area contributed by atoms with E-state index in [1.807, 2.05) is 0 Å². The van der Waals surface area contributed by atoms with Gasteiger partial charge in [0, 0.05) is 32.9 Å². The number of amides is 3. The van der Waals surface area contributed by atoms with E-state index in [-0.39, 0.29) is 44.2 Å². The molecule has 19 heavy (non-hydrogen) atoms. The molecule has 1 aliphatic heterocycles. The molecule has 1 saturated heterocycles. The summed E-state index contributed by atoms with van der Waals surface area (Å²) in [5.41, 5.74) is 0. The number of hydrogen-bond acceptors (Lipinski definition) is 5. The molecule has 8 heteroatoms. The Balaban J connectivity index is 2.40. The molecule has 0 aliphatic carbocycles. The van der Waals surface area contributed by atoms with Crippen LogP contribution in [0.4, 0.5) is 0 Å². The first-order chi connectivity index (χ1) is 8.95. The second kappa shape index (κ2) is 6.83. The van der Waals surface area contributed by atoms with Crippen molar-refractivity contribution in [3.63, 3.8) is 0 Å². The second-order valence-electron chi connectivity index (χ2n) is 4.10. The van der Waals surface area contributed by atoms with Crippen LogP contribution in [0.3, 0.4) is 0 Å². The van der Waals surface area contributed by atoms with Gasteiger partial charge in [-0.2, -0.15) is 0 Å². The van der Waals surface area contributed by atoms with Gasteiger partial charge in [0.2, 0.25) is 17.7 Å². The van der Waals surface area contributed by atoms with Crippen molar-refractivity contribution < 1.29 is 29.0 Å². The number of carboxylic acid groups (broad SMARTS) is 1. The van der Waals surface area contributed by atoms with Crippen LogP contribution < -0.4 is 5.32 Å². The molecule has 1 unspecified atom stereocenters. The molecule has 1 rings (SSSR count). The fourth-order valence-electron chi connectivity index (χ4n) is 1.69. The molecule has 1 fully saturated rings. The lowest BCUT2D eigenvalue weighted by Crippen LogP contribution is -2.45. The minimum Gasteiger partial charge on any atom is -0.480 e. The van der Waals surface area contributed by atoms with E-state index in [2.05, 4.69) is 10.1 Å². The van der Waals surface area contributed by atoms with Gasteiger partial charge in [-0.25, -0.2) is 4.79 Å². The lowest BCUT2D eigenvalue weighted by molar-refractivity contribution is -0.144. The molecule has 0 aromatic rings. The second-order valence-corrected chi connectivity index (χ2v) is 4.10. The van der Waals surface area contributed by atoms with Gasteiger partial charge in [0.05, 0.1) is 6.61 Å². The summed E-state index contributed by atoms with van der Waals surface area (Å²) in [7, 11) is 1.32. The van der Waals surface area contributed by atoms with Gasteiger partial charge < -0.3 is 15.2 Å². The number of rotatable bonds is 7. The average Bonchev–Trinajstić information content (AvgIpc) is 2.66. The highest BCUT2D eigenvalue weighted by Crippen LogP contribution is 2.11. The molecule has 1 atom stereocenters. The van der Waals surface area contributed by atoms with Gasteiger partial charge in [0.1, 0.15) is 0 Å². The van der Waals surface area contributed by atoms with E-state index in [9.17, 15) is 19.2 Å². The SMILES string of the molecule is COCC(NC(=O)CCN1C(=O)CCC1=O)C(=O)O. The van der Waals surface area contributed by atoms with E-state index >= 15 is 0 Å². The maximum absolute atomic E-state index is 11.5. The zero-order valence-corrected chi connectivity index (χ0v) is 10.5. The van der Waals surface area contributed by atoms with Crippen molar-refractivity contribution in [2.24, 2.45) is 0 Å². The smallest absolute Gasteiger partial charge is 0.328 e. The first-order valence-electron chi connectivity index (χ1n) is 5.80. The molecule has 1 heterocycles. The summed E-state index contributed by atoms with van der Waals surface area (Å²) in [6.07, 6.45) is 0.217. The van der Waals surface area contributed by atoms with Gasteiger partial charge in [0.25, 0.3) is 0 Å². The molecule has 8 nitrogen and oxygen atoms in total. The zero-order valence-electron chi connectivity index (χ0n) is 10.5. The van der Waals surface area contributed by atoms with Crippen LogP contribution in [0.5, 0.6) is 0 Å². The normalized spacial score (nSPS) is 16.6. The number of ether oxygens (including phenoxy) is 1. The van der Waals surface area contributed by atoms with E-state index in [1.165, 1.54) is 7.11 Å². The highest BCUT2D eigenvalue weighted by molar-refractivity contribution is 6.02. The maximum atomic E-state index is 11.5. The van der Waals surface area contributed by atoms with Gasteiger partial charge in [-0.15, -0.1) is 0 Å².